The highest BCUT2D eigenvalue weighted by Crippen LogP contribution is 2.23. The van der Waals surface area contributed by atoms with Gasteiger partial charge in [0.2, 0.25) is 0 Å². The molecular formula is C18H25F2IN4OS. The fourth-order valence-electron chi connectivity index (χ4n) is 2.16. The average Bonchev–Trinajstić information content (AvgIpc) is 3.05. The molecule has 9 heteroatoms. The summed E-state index contributed by atoms with van der Waals surface area (Å²) in [7, 11) is 1.65. The minimum atomic E-state index is -2.85. The summed E-state index contributed by atoms with van der Waals surface area (Å²) in [5.74, 6) is 0.713. The van der Waals surface area contributed by atoms with Gasteiger partial charge in [0.25, 0.3) is 0 Å². The van der Waals surface area contributed by atoms with Crippen LogP contribution in [0.5, 0.6) is 5.75 Å². The minimum absolute atomic E-state index is 0. The lowest BCUT2D eigenvalue weighted by Gasteiger charge is -2.15. The summed E-state index contributed by atoms with van der Waals surface area (Å²) in [6, 6.07) is 6.68. The van der Waals surface area contributed by atoms with Crippen molar-refractivity contribution in [2.75, 3.05) is 7.05 Å². The highest BCUT2D eigenvalue weighted by molar-refractivity contribution is 14.0. The Labute approximate surface area is 179 Å². The second-order valence-electron chi connectivity index (χ2n) is 6.64. The van der Waals surface area contributed by atoms with Gasteiger partial charge in [0.1, 0.15) is 10.8 Å². The van der Waals surface area contributed by atoms with E-state index in [-0.39, 0.29) is 35.1 Å². The van der Waals surface area contributed by atoms with Crippen LogP contribution in [0.2, 0.25) is 0 Å². The third-order valence-electron chi connectivity index (χ3n) is 3.59. The van der Waals surface area contributed by atoms with E-state index in [4.69, 9.17) is 0 Å². The number of aromatic nitrogens is 1. The van der Waals surface area contributed by atoms with Crippen molar-refractivity contribution in [1.82, 2.24) is 15.6 Å². The van der Waals surface area contributed by atoms with Gasteiger partial charge in [-0.1, -0.05) is 39.0 Å². The van der Waals surface area contributed by atoms with Crippen LogP contribution in [-0.2, 0) is 18.5 Å². The Morgan fingerprint density at radius 3 is 2.48 bits per heavy atom. The molecule has 0 atom stereocenters. The number of rotatable bonds is 6. The number of halogens is 3. The zero-order chi connectivity index (χ0) is 19.2. The van der Waals surface area contributed by atoms with Gasteiger partial charge >= 0.3 is 6.61 Å². The standard InChI is InChI=1S/C18H24F2N4OS.HI/c1-18(2,3)14-11-26-15(24-14)10-23-17(21-4)22-9-12-7-5-6-8-13(12)25-16(19)20;/h5-8,11,16H,9-10H2,1-4H3,(H2,21,22,23);1H. The van der Waals surface area contributed by atoms with E-state index in [2.05, 4.69) is 51.5 Å². The van der Waals surface area contributed by atoms with Crippen LogP contribution in [0, 0.1) is 0 Å². The largest absolute Gasteiger partial charge is 0.434 e. The first kappa shape index (κ1) is 23.5. The molecule has 2 N–H and O–H groups in total. The van der Waals surface area contributed by atoms with Crippen molar-refractivity contribution in [2.45, 2.75) is 45.9 Å². The molecule has 0 radical (unpaired) electrons. The number of para-hydroxylation sites is 1. The smallest absolute Gasteiger partial charge is 0.387 e. The second-order valence-corrected chi connectivity index (χ2v) is 7.58. The maximum atomic E-state index is 12.5. The highest BCUT2D eigenvalue weighted by Gasteiger charge is 2.17. The van der Waals surface area contributed by atoms with Gasteiger partial charge < -0.3 is 15.4 Å². The lowest BCUT2D eigenvalue weighted by atomic mass is 9.93. The van der Waals surface area contributed by atoms with E-state index in [0.717, 1.165) is 10.7 Å². The van der Waals surface area contributed by atoms with Gasteiger partial charge in [-0.05, 0) is 6.07 Å². The molecule has 2 rings (SSSR count). The maximum absolute atomic E-state index is 12.5. The molecule has 0 unspecified atom stereocenters. The Hall–Kier alpha value is -1.49. The molecule has 0 spiro atoms. The average molecular weight is 510 g/mol. The number of nitrogens with zero attached hydrogens (tertiary/aromatic N) is 2. The van der Waals surface area contributed by atoms with E-state index < -0.39 is 6.61 Å². The lowest BCUT2D eigenvalue weighted by Crippen LogP contribution is -2.36. The van der Waals surface area contributed by atoms with Crippen LogP contribution in [0.3, 0.4) is 0 Å². The summed E-state index contributed by atoms with van der Waals surface area (Å²) in [6.45, 7) is 4.37. The van der Waals surface area contributed by atoms with Crippen molar-refractivity contribution in [3.63, 3.8) is 0 Å². The van der Waals surface area contributed by atoms with E-state index in [1.165, 1.54) is 6.07 Å². The molecule has 0 bridgehead atoms. The fraction of sp³-hybridized carbons (Fsp3) is 0.444. The topological polar surface area (TPSA) is 58.5 Å². The molecule has 1 aromatic heterocycles. The summed E-state index contributed by atoms with van der Waals surface area (Å²) < 4.78 is 29.5. The van der Waals surface area contributed by atoms with Gasteiger partial charge in [-0.15, -0.1) is 35.3 Å². The quantitative estimate of drug-likeness (QED) is 0.341. The first-order valence-electron chi connectivity index (χ1n) is 8.21. The van der Waals surface area contributed by atoms with Crippen molar-refractivity contribution in [1.29, 1.82) is 0 Å². The number of benzene rings is 1. The van der Waals surface area contributed by atoms with Crippen LogP contribution in [0.1, 0.15) is 37.0 Å². The summed E-state index contributed by atoms with van der Waals surface area (Å²) in [5, 5.41) is 9.29. The van der Waals surface area contributed by atoms with Crippen LogP contribution in [-0.4, -0.2) is 24.6 Å². The number of nitrogens with one attached hydrogen (secondary N) is 2. The van der Waals surface area contributed by atoms with Crippen molar-refractivity contribution in [3.05, 3.63) is 45.9 Å². The third kappa shape index (κ3) is 7.57. The molecule has 150 valence electrons. The lowest BCUT2D eigenvalue weighted by molar-refractivity contribution is -0.0504. The number of hydrogen-bond acceptors (Lipinski definition) is 4. The van der Waals surface area contributed by atoms with Crippen LogP contribution < -0.4 is 15.4 Å². The molecule has 0 saturated heterocycles. The fourth-order valence-corrected chi connectivity index (χ4v) is 3.12. The molecule has 0 aliphatic rings. The van der Waals surface area contributed by atoms with Gasteiger partial charge in [0, 0.05) is 30.0 Å². The van der Waals surface area contributed by atoms with Crippen LogP contribution >= 0.6 is 35.3 Å². The molecule has 2 aromatic rings. The Morgan fingerprint density at radius 1 is 1.22 bits per heavy atom. The van der Waals surface area contributed by atoms with Gasteiger partial charge in [-0.3, -0.25) is 4.99 Å². The Bertz CT molecular complexity index is 747. The monoisotopic (exact) mass is 510 g/mol. The molecular weight excluding hydrogens is 485 g/mol. The van der Waals surface area contributed by atoms with E-state index >= 15 is 0 Å². The minimum Gasteiger partial charge on any atom is -0.434 e. The second kappa shape index (κ2) is 10.7. The summed E-state index contributed by atoms with van der Waals surface area (Å²) >= 11 is 1.59. The van der Waals surface area contributed by atoms with E-state index in [0.29, 0.717) is 24.6 Å². The SMILES string of the molecule is CN=C(NCc1nc(C(C)(C)C)cs1)NCc1ccccc1OC(F)F.I. The third-order valence-corrected chi connectivity index (χ3v) is 4.43. The molecule has 27 heavy (non-hydrogen) atoms. The number of alkyl halides is 2. The highest BCUT2D eigenvalue weighted by atomic mass is 127. The van der Waals surface area contributed by atoms with Crippen molar-refractivity contribution < 1.29 is 13.5 Å². The number of thiazole rings is 1. The van der Waals surface area contributed by atoms with Crippen LogP contribution in [0.25, 0.3) is 0 Å². The predicted octanol–water partition coefficient (Wildman–Crippen LogP) is 4.53. The molecule has 0 fully saturated rings. The van der Waals surface area contributed by atoms with E-state index in [9.17, 15) is 8.78 Å². The molecule has 0 saturated carbocycles. The number of guanidine groups is 1. The summed E-state index contributed by atoms with van der Waals surface area (Å²) in [4.78, 5) is 8.77. The zero-order valence-corrected chi connectivity index (χ0v) is 18.9. The van der Waals surface area contributed by atoms with Crippen molar-refractivity contribution in [3.8, 4) is 5.75 Å². The van der Waals surface area contributed by atoms with Crippen LogP contribution in [0.4, 0.5) is 8.78 Å². The first-order chi connectivity index (χ1) is 12.3. The number of ether oxygens (including phenoxy) is 1. The zero-order valence-electron chi connectivity index (χ0n) is 15.8. The maximum Gasteiger partial charge on any atom is 0.387 e. The molecule has 1 aromatic carbocycles. The van der Waals surface area contributed by atoms with E-state index in [1.807, 2.05) is 0 Å². The molecule has 0 amide bonds. The van der Waals surface area contributed by atoms with Gasteiger partial charge in [-0.2, -0.15) is 8.78 Å². The summed E-state index contributed by atoms with van der Waals surface area (Å²) in [5.41, 5.74) is 1.70. The Kier molecular flexibility index (Phi) is 9.37. The summed E-state index contributed by atoms with van der Waals surface area (Å²) in [6.07, 6.45) is 0. The molecule has 1 heterocycles. The van der Waals surface area contributed by atoms with Crippen molar-refractivity contribution in [2.24, 2.45) is 4.99 Å². The molecule has 0 aliphatic carbocycles. The van der Waals surface area contributed by atoms with Gasteiger partial charge in [0.15, 0.2) is 5.96 Å². The number of hydrogen-bond donors (Lipinski definition) is 2. The van der Waals surface area contributed by atoms with Crippen LogP contribution in [0.15, 0.2) is 34.6 Å². The predicted molar refractivity (Wildman–Crippen MR) is 116 cm³/mol. The van der Waals surface area contributed by atoms with Crippen molar-refractivity contribution >= 4 is 41.3 Å². The van der Waals surface area contributed by atoms with Gasteiger partial charge in [-0.25, -0.2) is 4.98 Å². The van der Waals surface area contributed by atoms with E-state index in [1.54, 1.807) is 36.6 Å². The Morgan fingerprint density at radius 2 is 1.89 bits per heavy atom. The molecule has 5 nitrogen and oxygen atoms in total. The Balaban J connectivity index is 0.00000364. The normalized spacial score (nSPS) is 11.9. The number of aliphatic imine (C=N–C) groups is 1. The first-order valence-corrected chi connectivity index (χ1v) is 9.09. The molecule has 0 aliphatic heterocycles. The van der Waals surface area contributed by atoms with Gasteiger partial charge in [0.05, 0.1) is 12.2 Å².